The van der Waals surface area contributed by atoms with E-state index in [0.717, 1.165) is 132 Å². The molecule has 0 amide bonds. The van der Waals surface area contributed by atoms with Gasteiger partial charge in [0.25, 0.3) is 0 Å². The molecule has 0 aliphatic heterocycles. The van der Waals surface area contributed by atoms with E-state index >= 15 is 0 Å². The average molecular weight is 1810 g/mol. The molecule has 19 heteroatoms. The van der Waals surface area contributed by atoms with Gasteiger partial charge in [0.15, 0.2) is 34.5 Å². The van der Waals surface area contributed by atoms with Crippen LogP contribution >= 0.6 is 136 Å². The molecule has 3 aliphatic rings. The molecule has 0 radical (unpaired) electrons. The Morgan fingerprint density at radius 1 is 0.366 bits per heavy atom. The van der Waals surface area contributed by atoms with Crippen LogP contribution in [-0.2, 0) is 39.5 Å². The predicted molar refractivity (Wildman–Crippen MR) is 367 cm³/mol. The van der Waals surface area contributed by atoms with Gasteiger partial charge in [-0.05, 0) is 341 Å². The van der Waals surface area contributed by atoms with Crippen molar-refractivity contribution in [1.29, 1.82) is 0 Å². The number of carbonyl (C=O) groups is 3. The van der Waals surface area contributed by atoms with E-state index in [1.807, 2.05) is 72.8 Å². The van der Waals surface area contributed by atoms with Crippen molar-refractivity contribution in [3.8, 4) is 51.7 Å². The Morgan fingerprint density at radius 2 is 0.585 bits per heavy atom. The number of esters is 3. The summed E-state index contributed by atoms with van der Waals surface area (Å²) in [4.78, 5) is 41.8. The standard InChI is InChI=1S/C63H63I6O12S/c1-4-61(25-7-8-26-61)79-58(70)37-73-52-31-49(67)55(34-46(52)64)76-40-13-19-43(20-14-40)82(44-21-15-41(16-22-44)77-56-35-47(65)53(32-50(56)68)74-38-59(71)80-62(5-2)27-9-10-28-62)45-23-17-42(18-24-45)78-57-36-48(66)54(33-51(57)69)75-39-60(72)81-63(6-3)29-11-12-30-63/h13-24,31-36H,4-12,25-30,37-39H2,1-3H3/q+1. The zero-order chi connectivity index (χ0) is 58.0. The topological polar surface area (TPSA) is 134 Å². The van der Waals surface area contributed by atoms with Gasteiger partial charge in [0.05, 0.1) is 32.3 Å². The first-order chi connectivity index (χ1) is 39.5. The van der Waals surface area contributed by atoms with E-state index in [0.29, 0.717) is 51.7 Å². The highest BCUT2D eigenvalue weighted by Gasteiger charge is 2.38. The van der Waals surface area contributed by atoms with Gasteiger partial charge in [0.1, 0.15) is 68.5 Å². The minimum atomic E-state index is -0.585. The van der Waals surface area contributed by atoms with E-state index in [-0.39, 0.29) is 54.5 Å². The van der Waals surface area contributed by atoms with E-state index in [4.69, 9.17) is 42.6 Å². The number of ether oxygens (including phenoxy) is 9. The highest BCUT2D eigenvalue weighted by Crippen LogP contribution is 2.43. The lowest BCUT2D eigenvalue weighted by molar-refractivity contribution is -0.163. The summed E-state index contributed by atoms with van der Waals surface area (Å²) >= 11 is 13.3. The summed E-state index contributed by atoms with van der Waals surface area (Å²) < 4.78 is 60.2. The monoisotopic (exact) mass is 1800 g/mol. The van der Waals surface area contributed by atoms with Gasteiger partial charge in [-0.1, -0.05) is 20.8 Å². The lowest BCUT2D eigenvalue weighted by atomic mass is 9.99. The smallest absolute Gasteiger partial charge is 0.344 e. The van der Waals surface area contributed by atoms with Crippen LogP contribution in [0.3, 0.4) is 0 Å². The number of hydrogen-bond donors (Lipinski definition) is 0. The first kappa shape index (κ1) is 63.8. The van der Waals surface area contributed by atoms with Crippen LogP contribution in [0.4, 0.5) is 0 Å². The van der Waals surface area contributed by atoms with Crippen LogP contribution in [0.1, 0.15) is 117 Å². The van der Waals surface area contributed by atoms with Gasteiger partial charge in [-0.3, -0.25) is 0 Å². The van der Waals surface area contributed by atoms with Crippen molar-refractivity contribution in [1.82, 2.24) is 0 Å². The zero-order valence-corrected chi connectivity index (χ0v) is 59.5. The number of hydrogen-bond acceptors (Lipinski definition) is 12. The van der Waals surface area contributed by atoms with E-state index in [1.54, 1.807) is 0 Å². The second-order valence-electron chi connectivity index (χ2n) is 20.7. The number of rotatable bonds is 24. The fourth-order valence-electron chi connectivity index (χ4n) is 10.7. The molecule has 0 atom stereocenters. The van der Waals surface area contributed by atoms with Crippen molar-refractivity contribution in [2.45, 2.75) is 149 Å². The third-order valence-corrected chi connectivity index (χ3v) is 22.6. The molecule has 3 fully saturated rings. The summed E-state index contributed by atoms with van der Waals surface area (Å²) in [7, 11) is -0.585. The molecule has 0 heterocycles. The van der Waals surface area contributed by atoms with E-state index in [2.05, 4.69) is 193 Å². The Hall–Kier alpha value is -2.74. The van der Waals surface area contributed by atoms with Crippen molar-refractivity contribution >= 4 is 164 Å². The minimum absolute atomic E-state index is 0.156. The van der Waals surface area contributed by atoms with E-state index in [9.17, 15) is 14.4 Å². The van der Waals surface area contributed by atoms with Crippen LogP contribution in [-0.4, -0.2) is 54.5 Å². The Labute approximate surface area is 565 Å². The molecular formula is C63H63I6O12S+. The molecule has 0 spiro atoms. The molecule has 434 valence electrons. The van der Waals surface area contributed by atoms with Crippen molar-refractivity contribution in [3.63, 3.8) is 0 Å². The number of halogens is 6. The maximum absolute atomic E-state index is 12.9. The predicted octanol–water partition coefficient (Wildman–Crippen LogP) is 18.7. The molecule has 0 saturated heterocycles. The van der Waals surface area contributed by atoms with Gasteiger partial charge in [0.2, 0.25) is 0 Å². The Bertz CT molecular complexity index is 2870. The first-order valence-electron chi connectivity index (χ1n) is 27.6. The van der Waals surface area contributed by atoms with Crippen LogP contribution in [0.15, 0.2) is 124 Å². The molecule has 0 bridgehead atoms. The molecule has 3 aliphatic carbocycles. The summed E-state index contributed by atoms with van der Waals surface area (Å²) in [6.45, 7) is 5.75. The highest BCUT2D eigenvalue weighted by atomic mass is 127. The third-order valence-electron chi connectivity index (χ3n) is 15.3. The van der Waals surface area contributed by atoms with Crippen LogP contribution in [0, 0.1) is 21.4 Å². The van der Waals surface area contributed by atoms with E-state index < -0.39 is 10.9 Å². The summed E-state index contributed by atoms with van der Waals surface area (Å²) in [5.41, 5.74) is -1.11. The molecule has 0 N–H and O–H groups in total. The van der Waals surface area contributed by atoms with Gasteiger partial charge < -0.3 is 42.6 Å². The lowest BCUT2D eigenvalue weighted by Gasteiger charge is -2.27. The maximum Gasteiger partial charge on any atom is 0.344 e. The summed E-state index contributed by atoms with van der Waals surface area (Å²) in [5, 5.41) is 0. The lowest BCUT2D eigenvalue weighted by Crippen LogP contribution is -2.33. The molecule has 82 heavy (non-hydrogen) atoms. The normalized spacial score (nSPS) is 15.9. The fourth-order valence-corrected chi connectivity index (χ4v) is 16.2. The molecule has 6 aromatic carbocycles. The van der Waals surface area contributed by atoms with Gasteiger partial charge >= 0.3 is 17.9 Å². The van der Waals surface area contributed by atoms with Gasteiger partial charge in [-0.2, -0.15) is 0 Å². The van der Waals surface area contributed by atoms with Crippen molar-refractivity contribution in [2.24, 2.45) is 0 Å². The fraction of sp³-hybridized carbons (Fsp3) is 0.381. The SMILES string of the molecule is CCC1(OC(=O)COc2cc(I)c(Oc3ccc([S+](c4ccc(Oc5cc(I)c(OCC(=O)OC6(CC)CCCC6)cc5I)cc4)c4ccc(Oc5cc(I)c(OCC(=O)OC6(CC)CCCC6)cc5I)cc4)cc3)cc2I)CCCC1. The summed E-state index contributed by atoms with van der Waals surface area (Å²) in [6.07, 6.45) is 14.3. The highest BCUT2D eigenvalue weighted by molar-refractivity contribution is 14.1. The largest absolute Gasteiger partial charge is 0.481 e. The summed E-state index contributed by atoms with van der Waals surface area (Å²) in [6, 6.07) is 35.9. The minimum Gasteiger partial charge on any atom is -0.481 e. The Balaban J connectivity index is 0.901. The Morgan fingerprint density at radius 3 is 0.817 bits per heavy atom. The average Bonchev–Trinajstić information content (AvgIpc) is 4.31. The van der Waals surface area contributed by atoms with Gasteiger partial charge in [-0.15, -0.1) is 0 Å². The molecule has 9 rings (SSSR count). The van der Waals surface area contributed by atoms with Crippen LogP contribution in [0.5, 0.6) is 51.7 Å². The zero-order valence-electron chi connectivity index (χ0n) is 45.7. The number of carbonyl (C=O) groups excluding carboxylic acids is 3. The molecule has 3 saturated carbocycles. The van der Waals surface area contributed by atoms with Crippen LogP contribution in [0.2, 0.25) is 0 Å². The molecule has 0 unspecified atom stereocenters. The maximum atomic E-state index is 12.9. The molecule has 12 nitrogen and oxygen atoms in total. The van der Waals surface area contributed by atoms with Gasteiger partial charge in [0, 0.05) is 0 Å². The molecule has 6 aromatic rings. The molecular weight excluding hydrogens is 1740 g/mol. The summed E-state index contributed by atoms with van der Waals surface area (Å²) in [5.74, 6) is 4.73. The van der Waals surface area contributed by atoms with Crippen molar-refractivity contribution < 1.29 is 57.0 Å². The quantitative estimate of drug-likeness (QED) is 0.0247. The number of benzene rings is 6. The van der Waals surface area contributed by atoms with Crippen molar-refractivity contribution in [3.05, 3.63) is 131 Å². The Kier molecular flexibility index (Phi) is 22.8. The van der Waals surface area contributed by atoms with Crippen LogP contribution in [0.25, 0.3) is 0 Å². The van der Waals surface area contributed by atoms with E-state index in [1.165, 1.54) is 0 Å². The van der Waals surface area contributed by atoms with Crippen LogP contribution < -0.4 is 28.4 Å². The van der Waals surface area contributed by atoms with Crippen molar-refractivity contribution in [2.75, 3.05) is 19.8 Å². The third kappa shape index (κ3) is 16.5. The second kappa shape index (κ2) is 29.3. The second-order valence-corrected chi connectivity index (χ2v) is 29.7. The molecule has 0 aromatic heterocycles. The first-order valence-corrected chi connectivity index (χ1v) is 35.3. The van der Waals surface area contributed by atoms with Gasteiger partial charge in [-0.25, -0.2) is 14.4 Å².